The predicted octanol–water partition coefficient (Wildman–Crippen LogP) is 3.31. The summed E-state index contributed by atoms with van der Waals surface area (Å²) in [6, 6.07) is 1.43. The first kappa shape index (κ1) is 12.9. The molecule has 0 fully saturated rings. The number of ether oxygens (including phenoxy) is 1. The highest BCUT2D eigenvalue weighted by Gasteiger charge is 2.14. The molecule has 1 N–H and O–H groups in total. The van der Waals surface area contributed by atoms with E-state index in [1.165, 1.54) is 18.2 Å². The van der Waals surface area contributed by atoms with E-state index in [0.29, 0.717) is 12.9 Å². The number of phenolic OH excluding ortho intramolecular Hbond substituents is 1. The number of carbonyl (C=O) groups excluding carboxylic acids is 1. The maximum atomic E-state index is 10.2. The summed E-state index contributed by atoms with van der Waals surface area (Å²) < 4.78 is 5.18. The van der Waals surface area contributed by atoms with E-state index in [1.54, 1.807) is 6.92 Å². The van der Waals surface area contributed by atoms with Crippen molar-refractivity contribution in [3.05, 3.63) is 27.8 Å². The van der Waals surface area contributed by atoms with E-state index in [4.69, 9.17) is 27.9 Å². The van der Waals surface area contributed by atoms with Gasteiger partial charge in [0.1, 0.15) is 6.29 Å². The summed E-state index contributed by atoms with van der Waals surface area (Å²) in [6.07, 6.45) is 3.17. The van der Waals surface area contributed by atoms with Crippen LogP contribution in [-0.4, -0.2) is 18.0 Å². The fourth-order valence-electron chi connectivity index (χ4n) is 1.17. The van der Waals surface area contributed by atoms with Gasteiger partial charge in [-0.05, 0) is 19.1 Å². The van der Waals surface area contributed by atoms with Gasteiger partial charge in [-0.15, -0.1) is 0 Å². The number of phenols is 1. The highest BCUT2D eigenvalue weighted by molar-refractivity contribution is 6.43. The molecule has 0 saturated carbocycles. The molecule has 0 unspecified atom stereocenters. The second kappa shape index (κ2) is 5.77. The maximum absolute atomic E-state index is 10.2. The lowest BCUT2D eigenvalue weighted by atomic mass is 10.1. The van der Waals surface area contributed by atoms with Gasteiger partial charge in [0.05, 0.1) is 16.7 Å². The molecular formula is C11H10Cl2O3. The Balaban J connectivity index is 3.32. The number of aromatic hydroxyl groups is 1. The molecule has 0 aliphatic heterocycles. The molecule has 0 aliphatic rings. The summed E-state index contributed by atoms with van der Waals surface area (Å²) in [7, 11) is 0. The largest absolute Gasteiger partial charge is 0.504 e. The molecule has 16 heavy (non-hydrogen) atoms. The van der Waals surface area contributed by atoms with Crippen molar-refractivity contribution in [1.82, 2.24) is 0 Å². The van der Waals surface area contributed by atoms with Gasteiger partial charge in [-0.2, -0.15) is 0 Å². The van der Waals surface area contributed by atoms with Gasteiger partial charge in [0.2, 0.25) is 0 Å². The molecule has 86 valence electrons. The topological polar surface area (TPSA) is 46.5 Å². The van der Waals surface area contributed by atoms with Crippen molar-refractivity contribution in [2.24, 2.45) is 0 Å². The van der Waals surface area contributed by atoms with Crippen LogP contribution < -0.4 is 4.74 Å². The maximum Gasteiger partial charge on any atom is 0.166 e. The van der Waals surface area contributed by atoms with Gasteiger partial charge in [-0.3, -0.25) is 4.79 Å². The van der Waals surface area contributed by atoms with Crippen molar-refractivity contribution in [3.8, 4) is 11.5 Å². The molecule has 0 atom stereocenters. The molecule has 5 heteroatoms. The van der Waals surface area contributed by atoms with Crippen LogP contribution in [0.15, 0.2) is 12.1 Å². The van der Waals surface area contributed by atoms with Crippen molar-refractivity contribution in [1.29, 1.82) is 0 Å². The van der Waals surface area contributed by atoms with E-state index >= 15 is 0 Å². The smallest absolute Gasteiger partial charge is 0.166 e. The lowest BCUT2D eigenvalue weighted by molar-refractivity contribution is -0.104. The standard InChI is InChI=1S/C11H10Cl2O3/c1-2-16-9-6-8(12)10(13)7(11(9)15)4-3-5-14/h3-6,15H,2H2,1H3. The first-order chi connectivity index (χ1) is 7.61. The zero-order valence-electron chi connectivity index (χ0n) is 8.54. The summed E-state index contributed by atoms with van der Waals surface area (Å²) in [5.74, 6) is 0.108. The van der Waals surface area contributed by atoms with Crippen LogP contribution in [0.1, 0.15) is 12.5 Å². The van der Waals surface area contributed by atoms with Gasteiger partial charge < -0.3 is 9.84 Å². The predicted molar refractivity (Wildman–Crippen MR) is 64.4 cm³/mol. The second-order valence-corrected chi connectivity index (χ2v) is 3.65. The molecule has 0 spiro atoms. The van der Waals surface area contributed by atoms with Crippen molar-refractivity contribution in [2.45, 2.75) is 6.92 Å². The van der Waals surface area contributed by atoms with Crippen molar-refractivity contribution >= 4 is 35.6 Å². The molecule has 0 saturated heterocycles. The fraction of sp³-hybridized carbons (Fsp3) is 0.182. The van der Waals surface area contributed by atoms with Gasteiger partial charge in [0.15, 0.2) is 11.5 Å². The fourth-order valence-corrected chi connectivity index (χ4v) is 1.57. The molecular weight excluding hydrogens is 251 g/mol. The minimum absolute atomic E-state index is 0.130. The lowest BCUT2D eigenvalue weighted by Gasteiger charge is -2.10. The molecule has 0 amide bonds. The molecule has 1 aromatic rings. The number of carbonyl (C=O) groups is 1. The molecule has 0 heterocycles. The summed E-state index contributed by atoms with van der Waals surface area (Å²) in [5, 5.41) is 10.3. The lowest BCUT2D eigenvalue weighted by Crippen LogP contribution is -1.93. The van der Waals surface area contributed by atoms with Gasteiger partial charge >= 0.3 is 0 Å². The highest BCUT2D eigenvalue weighted by atomic mass is 35.5. The molecule has 1 aromatic carbocycles. The van der Waals surface area contributed by atoms with Crippen LogP contribution in [0.2, 0.25) is 10.0 Å². The SMILES string of the molecule is CCOc1cc(Cl)c(Cl)c(C=CC=O)c1O. The monoisotopic (exact) mass is 260 g/mol. The Hall–Kier alpha value is -1.19. The van der Waals surface area contributed by atoms with Crippen LogP contribution in [0.3, 0.4) is 0 Å². The number of halogens is 2. The minimum atomic E-state index is -0.130. The molecule has 0 aliphatic carbocycles. The number of rotatable bonds is 4. The highest BCUT2D eigenvalue weighted by Crippen LogP contribution is 2.40. The quantitative estimate of drug-likeness (QED) is 0.668. The van der Waals surface area contributed by atoms with Crippen molar-refractivity contribution in [2.75, 3.05) is 6.61 Å². The van der Waals surface area contributed by atoms with Crippen LogP contribution in [0.25, 0.3) is 6.08 Å². The van der Waals surface area contributed by atoms with Crippen LogP contribution in [0.5, 0.6) is 11.5 Å². The number of benzene rings is 1. The summed E-state index contributed by atoms with van der Waals surface area (Å²) in [6.45, 7) is 2.17. The zero-order chi connectivity index (χ0) is 12.1. The number of hydrogen-bond donors (Lipinski definition) is 1. The Morgan fingerprint density at radius 3 is 2.75 bits per heavy atom. The van der Waals surface area contributed by atoms with Crippen LogP contribution in [-0.2, 0) is 4.79 Å². The Morgan fingerprint density at radius 1 is 1.50 bits per heavy atom. The van der Waals surface area contributed by atoms with E-state index in [2.05, 4.69) is 0 Å². The Morgan fingerprint density at radius 2 is 2.19 bits per heavy atom. The number of aldehydes is 1. The molecule has 1 rings (SSSR count). The van der Waals surface area contributed by atoms with E-state index in [1.807, 2.05) is 0 Å². The van der Waals surface area contributed by atoms with Gasteiger partial charge in [0, 0.05) is 11.6 Å². The van der Waals surface area contributed by atoms with Gasteiger partial charge in [-0.25, -0.2) is 0 Å². The van der Waals surface area contributed by atoms with Crippen LogP contribution in [0.4, 0.5) is 0 Å². The molecule has 0 aromatic heterocycles. The van der Waals surface area contributed by atoms with Gasteiger partial charge in [0.25, 0.3) is 0 Å². The Labute approximate surface area is 103 Å². The zero-order valence-corrected chi connectivity index (χ0v) is 10.0. The molecule has 0 radical (unpaired) electrons. The third kappa shape index (κ3) is 2.68. The minimum Gasteiger partial charge on any atom is -0.504 e. The average molecular weight is 261 g/mol. The first-order valence-corrected chi connectivity index (χ1v) is 5.33. The van der Waals surface area contributed by atoms with E-state index < -0.39 is 0 Å². The van der Waals surface area contributed by atoms with Gasteiger partial charge in [-0.1, -0.05) is 23.2 Å². The normalized spacial score (nSPS) is 10.7. The van der Waals surface area contributed by atoms with Crippen molar-refractivity contribution in [3.63, 3.8) is 0 Å². The Kier molecular flexibility index (Phi) is 4.65. The van der Waals surface area contributed by atoms with Crippen LogP contribution >= 0.6 is 23.2 Å². The second-order valence-electron chi connectivity index (χ2n) is 2.86. The third-order valence-corrected chi connectivity index (χ3v) is 2.64. The summed E-state index contributed by atoms with van der Waals surface area (Å²) in [5.41, 5.74) is 0.268. The Bertz CT molecular complexity index is 428. The molecule has 3 nitrogen and oxygen atoms in total. The third-order valence-electron chi connectivity index (χ3n) is 1.83. The van der Waals surface area contributed by atoms with E-state index in [9.17, 15) is 9.90 Å². The van der Waals surface area contributed by atoms with E-state index in [0.717, 1.165) is 0 Å². The van der Waals surface area contributed by atoms with E-state index in [-0.39, 0.29) is 27.1 Å². The first-order valence-electron chi connectivity index (χ1n) is 4.57. The number of allylic oxidation sites excluding steroid dienone is 1. The summed E-state index contributed by atoms with van der Waals surface area (Å²) >= 11 is 11.8. The molecule has 0 bridgehead atoms. The van der Waals surface area contributed by atoms with Crippen LogP contribution in [0, 0.1) is 0 Å². The van der Waals surface area contributed by atoms with Crippen molar-refractivity contribution < 1.29 is 14.6 Å². The average Bonchev–Trinajstić information content (AvgIpc) is 2.26. The number of hydrogen-bond acceptors (Lipinski definition) is 3. The summed E-state index contributed by atoms with van der Waals surface area (Å²) in [4.78, 5) is 10.2.